The van der Waals surface area contributed by atoms with Crippen LogP contribution < -0.4 is 5.73 Å². The highest BCUT2D eigenvalue weighted by Gasteiger charge is 2.30. The van der Waals surface area contributed by atoms with Gasteiger partial charge in [0, 0.05) is 12.2 Å². The minimum atomic E-state index is 0. The van der Waals surface area contributed by atoms with Crippen molar-refractivity contribution in [2.75, 3.05) is 12.3 Å². The van der Waals surface area contributed by atoms with E-state index in [-0.39, 0.29) is 29.8 Å². The fourth-order valence-corrected chi connectivity index (χ4v) is 3.53. The Morgan fingerprint density at radius 2 is 1.69 bits per heavy atom. The summed E-state index contributed by atoms with van der Waals surface area (Å²) in [6, 6.07) is 16.6. The predicted octanol–water partition coefficient (Wildman–Crippen LogP) is 4.89. The number of amides is 1. The minimum absolute atomic E-state index is 0. The first-order valence-corrected chi connectivity index (χ1v) is 9.09. The average molecular weight is 373 g/mol. The second-order valence-electron chi connectivity index (χ2n) is 8.04. The average Bonchev–Trinajstić information content (AvgIpc) is 3.06. The number of carbonyl (C=O) groups is 1. The van der Waals surface area contributed by atoms with Gasteiger partial charge in [-0.15, -0.1) is 12.4 Å². The van der Waals surface area contributed by atoms with Gasteiger partial charge in [-0.2, -0.15) is 0 Å². The van der Waals surface area contributed by atoms with Gasteiger partial charge in [-0.05, 0) is 47.1 Å². The molecule has 1 aliphatic heterocycles. The molecule has 1 aliphatic rings. The zero-order chi connectivity index (χ0) is 18.0. The van der Waals surface area contributed by atoms with Gasteiger partial charge in [0.25, 0.3) is 0 Å². The van der Waals surface area contributed by atoms with E-state index in [2.05, 4.69) is 45.0 Å². The Labute approximate surface area is 163 Å². The van der Waals surface area contributed by atoms with E-state index in [9.17, 15) is 4.79 Å². The molecular formula is C22H29ClN2O. The summed E-state index contributed by atoms with van der Waals surface area (Å²) < 4.78 is 0. The predicted molar refractivity (Wildman–Crippen MR) is 111 cm³/mol. The molecule has 2 aromatic carbocycles. The lowest BCUT2D eigenvalue weighted by Crippen LogP contribution is -2.31. The third kappa shape index (κ3) is 4.59. The fraction of sp³-hybridized carbons (Fsp3) is 0.409. The number of hydrogen-bond donors (Lipinski definition) is 1. The van der Waals surface area contributed by atoms with Crippen molar-refractivity contribution in [3.8, 4) is 0 Å². The molecule has 1 heterocycles. The molecule has 3 nitrogen and oxygen atoms in total. The maximum Gasteiger partial charge on any atom is 0.227 e. The molecular weight excluding hydrogens is 344 g/mol. The van der Waals surface area contributed by atoms with Gasteiger partial charge in [-0.1, -0.05) is 57.2 Å². The summed E-state index contributed by atoms with van der Waals surface area (Å²) >= 11 is 0. The summed E-state index contributed by atoms with van der Waals surface area (Å²) in [5.41, 5.74) is 10.2. The zero-order valence-electron chi connectivity index (χ0n) is 15.9. The van der Waals surface area contributed by atoms with Gasteiger partial charge in [0.05, 0.1) is 12.5 Å². The van der Waals surface area contributed by atoms with Gasteiger partial charge >= 0.3 is 0 Å². The van der Waals surface area contributed by atoms with E-state index in [0.29, 0.717) is 6.42 Å². The van der Waals surface area contributed by atoms with Crippen LogP contribution in [-0.2, 0) is 16.6 Å². The number of hydrogen-bond acceptors (Lipinski definition) is 2. The van der Waals surface area contributed by atoms with Crippen molar-refractivity contribution < 1.29 is 4.79 Å². The number of likely N-dealkylation sites (tertiary alicyclic amines) is 1. The maximum absolute atomic E-state index is 12.8. The zero-order valence-corrected chi connectivity index (χ0v) is 16.7. The lowest BCUT2D eigenvalue weighted by molar-refractivity contribution is -0.131. The third-order valence-corrected chi connectivity index (χ3v) is 5.07. The van der Waals surface area contributed by atoms with Gasteiger partial charge in [0.1, 0.15) is 0 Å². The molecule has 0 aromatic heterocycles. The number of halogens is 1. The van der Waals surface area contributed by atoms with Crippen molar-refractivity contribution in [2.45, 2.75) is 51.5 Å². The molecule has 1 unspecified atom stereocenters. The molecule has 0 saturated carbocycles. The van der Waals surface area contributed by atoms with Gasteiger partial charge in [-0.3, -0.25) is 4.79 Å². The highest BCUT2D eigenvalue weighted by atomic mass is 35.5. The third-order valence-electron chi connectivity index (χ3n) is 5.07. The van der Waals surface area contributed by atoms with E-state index in [0.717, 1.165) is 30.6 Å². The van der Waals surface area contributed by atoms with E-state index < -0.39 is 0 Å². The second-order valence-corrected chi connectivity index (χ2v) is 8.04. The summed E-state index contributed by atoms with van der Waals surface area (Å²) in [5.74, 6) is 0.201. The number of carbonyl (C=O) groups excluding carboxylic acids is 1. The van der Waals surface area contributed by atoms with Crippen molar-refractivity contribution in [2.24, 2.45) is 0 Å². The Morgan fingerprint density at radius 3 is 2.27 bits per heavy atom. The number of nitrogens with zero attached hydrogens (tertiary/aromatic N) is 1. The van der Waals surface area contributed by atoms with E-state index >= 15 is 0 Å². The number of rotatable bonds is 3. The Hall–Kier alpha value is -2.00. The topological polar surface area (TPSA) is 46.3 Å². The molecule has 1 fully saturated rings. The molecule has 1 amide bonds. The van der Waals surface area contributed by atoms with Crippen LogP contribution in [0.5, 0.6) is 0 Å². The lowest BCUT2D eigenvalue weighted by Gasteiger charge is -2.26. The van der Waals surface area contributed by atoms with Crippen molar-refractivity contribution >= 4 is 24.0 Å². The molecule has 2 aromatic rings. The Balaban J connectivity index is 0.00000243. The number of anilines is 1. The molecule has 1 atom stereocenters. The molecule has 26 heavy (non-hydrogen) atoms. The first-order valence-electron chi connectivity index (χ1n) is 9.09. The maximum atomic E-state index is 12.8. The van der Waals surface area contributed by atoms with Crippen LogP contribution in [0.2, 0.25) is 0 Å². The summed E-state index contributed by atoms with van der Waals surface area (Å²) in [5, 5.41) is 0. The van der Waals surface area contributed by atoms with Crippen LogP contribution in [0.4, 0.5) is 5.69 Å². The quantitative estimate of drug-likeness (QED) is 0.779. The molecule has 140 valence electrons. The van der Waals surface area contributed by atoms with E-state index in [1.807, 2.05) is 29.2 Å². The van der Waals surface area contributed by atoms with E-state index in [1.54, 1.807) is 0 Å². The van der Waals surface area contributed by atoms with Crippen LogP contribution in [0.3, 0.4) is 0 Å². The van der Waals surface area contributed by atoms with Crippen LogP contribution in [-0.4, -0.2) is 17.4 Å². The Bertz CT molecular complexity index is 732. The van der Waals surface area contributed by atoms with Crippen LogP contribution in [0, 0.1) is 0 Å². The summed E-state index contributed by atoms with van der Waals surface area (Å²) in [4.78, 5) is 14.8. The molecule has 0 spiro atoms. The SMILES string of the molecule is CC(C)(C)c1ccc(C2CCCN2C(=O)Cc2ccc(N)cc2)cc1.Cl. The van der Waals surface area contributed by atoms with Gasteiger partial charge in [0.2, 0.25) is 5.91 Å². The first kappa shape index (κ1) is 20.3. The monoisotopic (exact) mass is 372 g/mol. The Kier molecular flexibility index (Phi) is 6.35. The van der Waals surface area contributed by atoms with Crippen molar-refractivity contribution in [3.05, 3.63) is 65.2 Å². The summed E-state index contributed by atoms with van der Waals surface area (Å²) in [6.07, 6.45) is 2.55. The molecule has 0 aliphatic carbocycles. The van der Waals surface area contributed by atoms with E-state index in [4.69, 9.17) is 5.73 Å². The molecule has 0 radical (unpaired) electrons. The fourth-order valence-electron chi connectivity index (χ4n) is 3.53. The van der Waals surface area contributed by atoms with Gasteiger partial charge in [-0.25, -0.2) is 0 Å². The van der Waals surface area contributed by atoms with Crippen LogP contribution in [0.25, 0.3) is 0 Å². The highest BCUT2D eigenvalue weighted by molar-refractivity contribution is 5.85. The number of nitrogen functional groups attached to an aromatic ring is 1. The second kappa shape index (κ2) is 8.13. The van der Waals surface area contributed by atoms with Crippen LogP contribution in [0.1, 0.15) is 56.3 Å². The number of nitrogens with two attached hydrogens (primary N) is 1. The smallest absolute Gasteiger partial charge is 0.227 e. The van der Waals surface area contributed by atoms with Crippen molar-refractivity contribution in [3.63, 3.8) is 0 Å². The standard InChI is InChI=1S/C22H28N2O.ClH/c1-22(2,3)18-10-8-17(9-11-18)20-5-4-14-24(20)21(25)15-16-6-12-19(23)13-7-16;/h6-13,20H,4-5,14-15,23H2,1-3H3;1H. The first-order chi connectivity index (χ1) is 11.8. The van der Waals surface area contributed by atoms with Crippen molar-refractivity contribution in [1.29, 1.82) is 0 Å². The van der Waals surface area contributed by atoms with Gasteiger partial charge < -0.3 is 10.6 Å². The molecule has 4 heteroatoms. The van der Waals surface area contributed by atoms with Gasteiger partial charge in [0.15, 0.2) is 0 Å². The molecule has 0 bridgehead atoms. The minimum Gasteiger partial charge on any atom is -0.399 e. The highest BCUT2D eigenvalue weighted by Crippen LogP contribution is 2.33. The Morgan fingerprint density at radius 1 is 1.08 bits per heavy atom. The molecule has 1 saturated heterocycles. The largest absolute Gasteiger partial charge is 0.399 e. The summed E-state index contributed by atoms with van der Waals surface area (Å²) in [6.45, 7) is 7.51. The molecule has 3 rings (SSSR count). The van der Waals surface area contributed by atoms with Crippen LogP contribution in [0.15, 0.2) is 48.5 Å². The van der Waals surface area contributed by atoms with E-state index in [1.165, 1.54) is 11.1 Å². The normalized spacial score (nSPS) is 17.0. The summed E-state index contributed by atoms with van der Waals surface area (Å²) in [7, 11) is 0. The number of benzene rings is 2. The van der Waals surface area contributed by atoms with Crippen LogP contribution >= 0.6 is 12.4 Å². The molecule has 2 N–H and O–H groups in total. The van der Waals surface area contributed by atoms with Crippen molar-refractivity contribution in [1.82, 2.24) is 4.90 Å². The lowest BCUT2D eigenvalue weighted by atomic mass is 9.86.